The van der Waals surface area contributed by atoms with Gasteiger partial charge in [0.2, 0.25) is 0 Å². The van der Waals surface area contributed by atoms with Crippen LogP contribution in [0.5, 0.6) is 11.5 Å². The van der Waals surface area contributed by atoms with Crippen LogP contribution in [-0.4, -0.2) is 38.1 Å². The van der Waals surface area contributed by atoms with Crippen LogP contribution in [0.3, 0.4) is 0 Å². The molecule has 1 atom stereocenters. The summed E-state index contributed by atoms with van der Waals surface area (Å²) in [6.07, 6.45) is -5.28. The van der Waals surface area contributed by atoms with Crippen molar-refractivity contribution in [1.82, 2.24) is 0 Å². The molecule has 0 fully saturated rings. The van der Waals surface area contributed by atoms with E-state index in [2.05, 4.69) is 4.74 Å². The smallest absolute Gasteiger partial charge is 0.432 e. The van der Waals surface area contributed by atoms with E-state index in [4.69, 9.17) is 9.47 Å². The van der Waals surface area contributed by atoms with E-state index in [-0.39, 0.29) is 18.1 Å². The second-order valence-corrected chi connectivity index (χ2v) is 3.99. The fraction of sp³-hybridized carbons (Fsp3) is 0.462. The lowest BCUT2D eigenvalue weighted by molar-refractivity contribution is -0.268. The number of hydrogen-bond donors (Lipinski definition) is 1. The molecule has 0 aliphatic heterocycles. The molecule has 1 rings (SSSR count). The average Bonchev–Trinajstić information content (AvgIpc) is 2.44. The summed E-state index contributed by atoms with van der Waals surface area (Å²) in [6, 6.07) is 3.21. The SMILES string of the molecule is CCOC(=O)[C@@](O)(c1ccc(OC)cc1OC)C(F)(F)F. The predicted octanol–water partition coefficient (Wildman–Crippen LogP) is 2.02. The molecular formula is C13H15F3O5. The number of benzene rings is 1. The lowest BCUT2D eigenvalue weighted by atomic mass is 9.92. The zero-order valence-electron chi connectivity index (χ0n) is 11.7. The minimum atomic E-state index is -5.28. The first kappa shape index (κ1) is 17.1. The Kier molecular flexibility index (Phi) is 5.06. The summed E-state index contributed by atoms with van der Waals surface area (Å²) in [5.41, 5.74) is -4.59. The monoisotopic (exact) mass is 308 g/mol. The lowest BCUT2D eigenvalue weighted by Gasteiger charge is -2.29. The number of halogens is 3. The fourth-order valence-electron chi connectivity index (χ4n) is 1.71. The van der Waals surface area contributed by atoms with Gasteiger partial charge in [-0.05, 0) is 19.1 Å². The maximum atomic E-state index is 13.2. The Morgan fingerprint density at radius 3 is 2.29 bits per heavy atom. The van der Waals surface area contributed by atoms with Crippen molar-refractivity contribution in [2.75, 3.05) is 20.8 Å². The number of alkyl halides is 3. The summed E-state index contributed by atoms with van der Waals surface area (Å²) in [4.78, 5) is 11.7. The molecule has 0 radical (unpaired) electrons. The van der Waals surface area contributed by atoms with Gasteiger partial charge in [0.15, 0.2) is 0 Å². The van der Waals surface area contributed by atoms with E-state index in [1.807, 2.05) is 0 Å². The van der Waals surface area contributed by atoms with Crippen LogP contribution in [0.4, 0.5) is 13.2 Å². The third-order valence-electron chi connectivity index (χ3n) is 2.78. The molecule has 0 bridgehead atoms. The summed E-state index contributed by atoms with van der Waals surface area (Å²) >= 11 is 0. The van der Waals surface area contributed by atoms with Crippen LogP contribution < -0.4 is 9.47 Å². The maximum absolute atomic E-state index is 13.2. The number of rotatable bonds is 5. The summed E-state index contributed by atoms with van der Waals surface area (Å²) < 4.78 is 53.7. The number of ether oxygens (including phenoxy) is 3. The molecule has 8 heteroatoms. The van der Waals surface area contributed by atoms with Crippen LogP contribution in [-0.2, 0) is 15.1 Å². The van der Waals surface area contributed by atoms with Gasteiger partial charge in [-0.15, -0.1) is 0 Å². The van der Waals surface area contributed by atoms with Crippen LogP contribution >= 0.6 is 0 Å². The van der Waals surface area contributed by atoms with Crippen molar-refractivity contribution in [3.63, 3.8) is 0 Å². The Morgan fingerprint density at radius 1 is 1.24 bits per heavy atom. The number of hydrogen-bond acceptors (Lipinski definition) is 5. The van der Waals surface area contributed by atoms with Crippen molar-refractivity contribution in [2.24, 2.45) is 0 Å². The number of carbonyl (C=O) groups is 1. The van der Waals surface area contributed by atoms with Crippen molar-refractivity contribution in [2.45, 2.75) is 18.7 Å². The van der Waals surface area contributed by atoms with Crippen LogP contribution in [0.2, 0.25) is 0 Å². The van der Waals surface area contributed by atoms with E-state index in [1.165, 1.54) is 20.1 Å². The van der Waals surface area contributed by atoms with Gasteiger partial charge in [-0.3, -0.25) is 0 Å². The van der Waals surface area contributed by atoms with Gasteiger partial charge in [0.1, 0.15) is 11.5 Å². The van der Waals surface area contributed by atoms with Crippen LogP contribution in [0, 0.1) is 0 Å². The lowest BCUT2D eigenvalue weighted by Crippen LogP contribution is -2.50. The number of esters is 1. The first-order valence-corrected chi connectivity index (χ1v) is 5.91. The highest BCUT2D eigenvalue weighted by Crippen LogP contribution is 2.44. The molecule has 0 unspecified atom stereocenters. The first-order valence-electron chi connectivity index (χ1n) is 5.91. The van der Waals surface area contributed by atoms with Crippen LogP contribution in [0.1, 0.15) is 12.5 Å². The molecule has 0 aromatic heterocycles. The topological polar surface area (TPSA) is 65.0 Å². The molecule has 0 spiro atoms. The van der Waals surface area contributed by atoms with Crippen molar-refractivity contribution >= 4 is 5.97 Å². The number of methoxy groups -OCH3 is 2. The minimum absolute atomic E-state index is 0.212. The highest BCUT2D eigenvalue weighted by atomic mass is 19.4. The highest BCUT2D eigenvalue weighted by molar-refractivity contribution is 5.83. The molecule has 118 valence electrons. The largest absolute Gasteiger partial charge is 0.497 e. The summed E-state index contributed by atoms with van der Waals surface area (Å²) in [5.74, 6) is -1.95. The summed E-state index contributed by atoms with van der Waals surface area (Å²) in [7, 11) is 2.43. The first-order chi connectivity index (χ1) is 9.72. The molecule has 1 aromatic carbocycles. The van der Waals surface area contributed by atoms with Crippen LogP contribution in [0.25, 0.3) is 0 Å². The number of carbonyl (C=O) groups excluding carboxylic acids is 1. The van der Waals surface area contributed by atoms with E-state index >= 15 is 0 Å². The Hall–Kier alpha value is -1.96. The second kappa shape index (κ2) is 6.21. The van der Waals surface area contributed by atoms with Crippen molar-refractivity contribution in [1.29, 1.82) is 0 Å². The normalized spacial score (nSPS) is 14.2. The molecule has 0 aliphatic carbocycles. The van der Waals surface area contributed by atoms with Crippen molar-refractivity contribution < 1.29 is 37.3 Å². The van der Waals surface area contributed by atoms with E-state index in [0.717, 1.165) is 19.2 Å². The van der Waals surface area contributed by atoms with Gasteiger partial charge < -0.3 is 19.3 Å². The molecular weight excluding hydrogens is 293 g/mol. The fourth-order valence-corrected chi connectivity index (χ4v) is 1.71. The predicted molar refractivity (Wildman–Crippen MR) is 66.1 cm³/mol. The quantitative estimate of drug-likeness (QED) is 0.843. The molecule has 1 N–H and O–H groups in total. The maximum Gasteiger partial charge on any atom is 0.432 e. The third kappa shape index (κ3) is 3.05. The average molecular weight is 308 g/mol. The molecule has 0 heterocycles. The van der Waals surface area contributed by atoms with Gasteiger partial charge in [0.25, 0.3) is 5.60 Å². The van der Waals surface area contributed by atoms with Gasteiger partial charge in [0, 0.05) is 11.6 Å². The second-order valence-electron chi connectivity index (χ2n) is 3.99. The van der Waals surface area contributed by atoms with Gasteiger partial charge in [-0.25, -0.2) is 4.79 Å². The summed E-state index contributed by atoms with van der Waals surface area (Å²) in [6.45, 7) is 1.02. The molecule has 0 amide bonds. The van der Waals surface area contributed by atoms with E-state index < -0.39 is 23.3 Å². The van der Waals surface area contributed by atoms with Gasteiger partial charge in [-0.1, -0.05) is 0 Å². The van der Waals surface area contributed by atoms with Crippen LogP contribution in [0.15, 0.2) is 18.2 Å². The van der Waals surface area contributed by atoms with E-state index in [9.17, 15) is 23.1 Å². The number of aliphatic hydroxyl groups is 1. The minimum Gasteiger partial charge on any atom is -0.497 e. The zero-order valence-corrected chi connectivity index (χ0v) is 11.7. The third-order valence-corrected chi connectivity index (χ3v) is 2.78. The molecule has 0 saturated heterocycles. The summed E-state index contributed by atoms with van der Waals surface area (Å²) in [5, 5.41) is 9.97. The highest BCUT2D eigenvalue weighted by Gasteiger charge is 2.63. The molecule has 0 aliphatic rings. The molecule has 1 aromatic rings. The van der Waals surface area contributed by atoms with Crippen molar-refractivity contribution in [3.8, 4) is 11.5 Å². The zero-order chi connectivity index (χ0) is 16.3. The Balaban J connectivity index is 3.50. The van der Waals surface area contributed by atoms with Gasteiger partial charge in [0.05, 0.1) is 20.8 Å². The van der Waals surface area contributed by atoms with Gasteiger partial charge in [-0.2, -0.15) is 13.2 Å². The van der Waals surface area contributed by atoms with Gasteiger partial charge >= 0.3 is 12.1 Å². The van der Waals surface area contributed by atoms with E-state index in [0.29, 0.717) is 0 Å². The Labute approximate surface area is 119 Å². The Morgan fingerprint density at radius 2 is 1.86 bits per heavy atom. The standard InChI is InChI=1S/C13H15F3O5/c1-4-21-11(17)12(18,13(14,15)16)9-6-5-8(19-2)7-10(9)20-3/h5-7,18H,4H2,1-3H3/t12-/m0/s1. The van der Waals surface area contributed by atoms with Crippen molar-refractivity contribution in [3.05, 3.63) is 23.8 Å². The molecule has 5 nitrogen and oxygen atoms in total. The molecule has 0 saturated carbocycles. The van der Waals surface area contributed by atoms with E-state index in [1.54, 1.807) is 0 Å². The molecule has 21 heavy (non-hydrogen) atoms. The Bertz CT molecular complexity index is 515.